The fraction of sp³-hybridized carbons (Fsp3) is 0.179. The van der Waals surface area contributed by atoms with E-state index >= 15 is 0 Å². The molecule has 0 unspecified atom stereocenters. The van der Waals surface area contributed by atoms with Gasteiger partial charge in [0.15, 0.2) is 17.2 Å². The molecular weight excluding hydrogens is 460 g/mol. The lowest BCUT2D eigenvalue weighted by Crippen LogP contribution is -2.15. The van der Waals surface area contributed by atoms with Gasteiger partial charge in [0.1, 0.15) is 17.9 Å². The highest BCUT2D eigenvalue weighted by Gasteiger charge is 2.31. The van der Waals surface area contributed by atoms with Crippen molar-refractivity contribution in [2.24, 2.45) is 0 Å². The van der Waals surface area contributed by atoms with Crippen LogP contribution in [0.15, 0.2) is 72.8 Å². The number of hydrogen-bond acceptors (Lipinski definition) is 7. The van der Waals surface area contributed by atoms with Crippen molar-refractivity contribution in [3.8, 4) is 28.4 Å². The molecule has 184 valence electrons. The Kier molecular flexibility index (Phi) is 7.34. The zero-order valence-electron chi connectivity index (χ0n) is 20.5. The molecule has 3 aromatic carbocycles. The van der Waals surface area contributed by atoms with Crippen molar-refractivity contribution >= 4 is 11.9 Å². The zero-order chi connectivity index (χ0) is 25.7. The van der Waals surface area contributed by atoms with E-state index in [0.29, 0.717) is 29.4 Å². The van der Waals surface area contributed by atoms with Gasteiger partial charge in [0, 0.05) is 5.56 Å². The van der Waals surface area contributed by atoms with Crippen LogP contribution in [0.1, 0.15) is 32.0 Å². The van der Waals surface area contributed by atoms with E-state index in [1.165, 1.54) is 18.9 Å². The molecule has 36 heavy (non-hydrogen) atoms. The van der Waals surface area contributed by atoms with E-state index in [2.05, 4.69) is 5.10 Å². The van der Waals surface area contributed by atoms with Gasteiger partial charge in [-0.2, -0.15) is 5.10 Å². The average molecular weight is 487 g/mol. The van der Waals surface area contributed by atoms with Crippen molar-refractivity contribution in [1.29, 1.82) is 0 Å². The van der Waals surface area contributed by atoms with Crippen LogP contribution in [0, 0.1) is 6.92 Å². The molecular formula is C28H26N2O6. The van der Waals surface area contributed by atoms with E-state index in [0.717, 1.165) is 11.1 Å². The van der Waals surface area contributed by atoms with Crippen molar-refractivity contribution in [3.05, 3.63) is 95.2 Å². The number of aryl methyl sites for hydroxylation is 1. The summed E-state index contributed by atoms with van der Waals surface area (Å²) < 4.78 is 23.0. The molecule has 0 saturated heterocycles. The van der Waals surface area contributed by atoms with Crippen LogP contribution in [0.4, 0.5) is 0 Å². The third kappa shape index (κ3) is 4.79. The van der Waals surface area contributed by atoms with E-state index in [1.807, 2.05) is 37.3 Å². The van der Waals surface area contributed by atoms with E-state index in [1.54, 1.807) is 49.6 Å². The minimum absolute atomic E-state index is 0.0109. The van der Waals surface area contributed by atoms with Gasteiger partial charge >= 0.3 is 11.9 Å². The number of nitrogens with zero attached hydrogens (tertiary/aromatic N) is 2. The molecule has 4 rings (SSSR count). The number of aromatic nitrogens is 2. The summed E-state index contributed by atoms with van der Waals surface area (Å²) in [4.78, 5) is 25.7. The van der Waals surface area contributed by atoms with Gasteiger partial charge in [0.2, 0.25) is 0 Å². The molecule has 0 bridgehead atoms. The van der Waals surface area contributed by atoms with Crippen molar-refractivity contribution in [1.82, 2.24) is 9.78 Å². The predicted molar refractivity (Wildman–Crippen MR) is 134 cm³/mol. The Bertz CT molecular complexity index is 1390. The van der Waals surface area contributed by atoms with E-state index in [-0.39, 0.29) is 17.0 Å². The predicted octanol–water partition coefficient (Wildman–Crippen LogP) is 5.01. The van der Waals surface area contributed by atoms with Gasteiger partial charge in [-0.15, -0.1) is 0 Å². The number of carbonyl (C=O) groups excluding carboxylic acids is 2. The Morgan fingerprint density at radius 2 is 1.53 bits per heavy atom. The molecule has 0 aliphatic rings. The summed E-state index contributed by atoms with van der Waals surface area (Å²) in [7, 11) is 4.04. The van der Waals surface area contributed by atoms with Crippen LogP contribution in [-0.2, 0) is 16.1 Å². The number of carbonyl (C=O) groups is 2. The Morgan fingerprint density at radius 1 is 0.833 bits per heavy atom. The van der Waals surface area contributed by atoms with Crippen LogP contribution >= 0.6 is 0 Å². The Morgan fingerprint density at radius 3 is 2.19 bits per heavy atom. The maximum absolute atomic E-state index is 12.9. The SMILES string of the molecule is COC(=O)c1c(-c2ccc(OC)c(OCc3ccccc3C)c2)nn(-c2ccccc2)c1C(=O)OC. The molecule has 0 N–H and O–H groups in total. The third-order valence-electron chi connectivity index (χ3n) is 5.74. The van der Waals surface area contributed by atoms with Crippen LogP contribution in [0.2, 0.25) is 0 Å². The Hall–Kier alpha value is -4.59. The number of ether oxygens (including phenoxy) is 4. The quantitative estimate of drug-likeness (QED) is 0.324. The fourth-order valence-electron chi connectivity index (χ4n) is 3.82. The maximum Gasteiger partial charge on any atom is 0.357 e. The molecule has 0 atom stereocenters. The molecule has 0 amide bonds. The molecule has 0 spiro atoms. The first-order chi connectivity index (χ1) is 17.5. The average Bonchev–Trinajstić information content (AvgIpc) is 3.33. The summed E-state index contributed by atoms with van der Waals surface area (Å²) >= 11 is 0. The van der Waals surface area contributed by atoms with E-state index in [9.17, 15) is 9.59 Å². The number of esters is 2. The van der Waals surface area contributed by atoms with E-state index < -0.39 is 11.9 Å². The standard InChI is InChI=1S/C28H26N2O6/c1-18-10-8-9-11-20(18)17-36-23-16-19(14-15-22(23)33-2)25-24(27(31)34-3)26(28(32)35-4)30(29-25)21-12-6-5-7-13-21/h5-16H,17H2,1-4H3. The van der Waals surface area contributed by atoms with Crippen molar-refractivity contribution in [2.75, 3.05) is 21.3 Å². The lowest BCUT2D eigenvalue weighted by atomic mass is 10.0. The molecule has 0 aliphatic heterocycles. The van der Waals surface area contributed by atoms with Gasteiger partial charge in [0.25, 0.3) is 0 Å². The molecule has 8 heteroatoms. The van der Waals surface area contributed by atoms with Crippen LogP contribution in [-0.4, -0.2) is 43.0 Å². The van der Waals surface area contributed by atoms with Gasteiger partial charge in [-0.25, -0.2) is 14.3 Å². The molecule has 0 fully saturated rings. The first-order valence-electron chi connectivity index (χ1n) is 11.2. The molecule has 1 aromatic heterocycles. The van der Waals surface area contributed by atoms with Crippen LogP contribution in [0.25, 0.3) is 16.9 Å². The summed E-state index contributed by atoms with van der Waals surface area (Å²) in [5.74, 6) is -0.459. The molecule has 0 aliphatic carbocycles. The number of benzene rings is 3. The highest BCUT2D eigenvalue weighted by Crippen LogP contribution is 2.36. The summed E-state index contributed by atoms with van der Waals surface area (Å²) in [5.41, 5.74) is 3.45. The number of methoxy groups -OCH3 is 3. The largest absolute Gasteiger partial charge is 0.493 e. The second-order valence-electron chi connectivity index (χ2n) is 7.88. The minimum atomic E-state index is -0.720. The number of rotatable bonds is 8. The summed E-state index contributed by atoms with van der Waals surface area (Å²) in [6, 6.07) is 22.1. The lowest BCUT2D eigenvalue weighted by Gasteiger charge is -2.13. The summed E-state index contributed by atoms with van der Waals surface area (Å²) in [5, 5.41) is 4.64. The minimum Gasteiger partial charge on any atom is -0.493 e. The second-order valence-corrected chi connectivity index (χ2v) is 7.88. The van der Waals surface area contributed by atoms with Crippen LogP contribution in [0.5, 0.6) is 11.5 Å². The van der Waals surface area contributed by atoms with Crippen LogP contribution < -0.4 is 9.47 Å². The summed E-state index contributed by atoms with van der Waals surface area (Å²) in [6.07, 6.45) is 0. The molecule has 0 radical (unpaired) electrons. The van der Waals surface area contributed by atoms with Gasteiger partial charge in [0.05, 0.1) is 27.0 Å². The molecule has 8 nitrogen and oxygen atoms in total. The highest BCUT2D eigenvalue weighted by molar-refractivity contribution is 6.06. The highest BCUT2D eigenvalue weighted by atomic mass is 16.5. The smallest absolute Gasteiger partial charge is 0.357 e. The van der Waals surface area contributed by atoms with Crippen molar-refractivity contribution < 1.29 is 28.5 Å². The molecule has 1 heterocycles. The number of hydrogen-bond donors (Lipinski definition) is 0. The zero-order valence-corrected chi connectivity index (χ0v) is 20.5. The molecule has 0 saturated carbocycles. The normalized spacial score (nSPS) is 10.6. The van der Waals surface area contributed by atoms with Crippen molar-refractivity contribution in [2.45, 2.75) is 13.5 Å². The first-order valence-corrected chi connectivity index (χ1v) is 11.2. The third-order valence-corrected chi connectivity index (χ3v) is 5.74. The van der Waals surface area contributed by atoms with Gasteiger partial charge in [-0.05, 0) is 48.4 Å². The maximum atomic E-state index is 12.9. The monoisotopic (exact) mass is 486 g/mol. The fourth-order valence-corrected chi connectivity index (χ4v) is 3.82. The van der Waals surface area contributed by atoms with E-state index in [4.69, 9.17) is 18.9 Å². The van der Waals surface area contributed by atoms with Crippen LogP contribution in [0.3, 0.4) is 0 Å². The van der Waals surface area contributed by atoms with Gasteiger partial charge in [-0.3, -0.25) is 0 Å². The van der Waals surface area contributed by atoms with Gasteiger partial charge in [-0.1, -0.05) is 42.5 Å². The lowest BCUT2D eigenvalue weighted by molar-refractivity contribution is 0.0549. The topological polar surface area (TPSA) is 88.9 Å². The van der Waals surface area contributed by atoms with Crippen molar-refractivity contribution in [3.63, 3.8) is 0 Å². The Labute approximate surface area is 209 Å². The first kappa shape index (κ1) is 24.5. The number of para-hydroxylation sites is 1. The second kappa shape index (κ2) is 10.8. The summed E-state index contributed by atoms with van der Waals surface area (Å²) in [6.45, 7) is 2.34. The molecule has 4 aromatic rings. The van der Waals surface area contributed by atoms with Gasteiger partial charge < -0.3 is 18.9 Å². The Balaban J connectivity index is 1.86.